The Hall–Kier alpha value is -2.25. The van der Waals surface area contributed by atoms with Gasteiger partial charge >= 0.3 is 0 Å². The van der Waals surface area contributed by atoms with Crippen LogP contribution in [-0.4, -0.2) is 60.1 Å². The van der Waals surface area contributed by atoms with E-state index in [1.54, 1.807) is 18.4 Å². The van der Waals surface area contributed by atoms with Crippen LogP contribution in [0.5, 0.6) is 0 Å². The Morgan fingerprint density at radius 3 is 2.52 bits per heavy atom. The molecule has 3 heterocycles. The first-order valence-electron chi connectivity index (χ1n) is 9.48. The molecular weight excluding hydrogens is 349 g/mol. The summed E-state index contributed by atoms with van der Waals surface area (Å²) in [7, 11) is 0. The summed E-state index contributed by atoms with van der Waals surface area (Å²) >= 11 is 0. The van der Waals surface area contributed by atoms with Crippen LogP contribution in [0.1, 0.15) is 18.5 Å². The summed E-state index contributed by atoms with van der Waals surface area (Å²) in [5.41, 5.74) is 1.62. The molecule has 2 saturated heterocycles. The van der Waals surface area contributed by atoms with Crippen molar-refractivity contribution in [2.75, 3.05) is 39.4 Å². The second-order valence-electron chi connectivity index (χ2n) is 7.14. The number of piperidine rings is 1. The van der Waals surface area contributed by atoms with Gasteiger partial charge in [-0.1, -0.05) is 0 Å². The Kier molecular flexibility index (Phi) is 5.50. The largest absolute Gasteiger partial charge is 0.444 e. The van der Waals surface area contributed by atoms with E-state index in [1.807, 2.05) is 4.90 Å². The third-order valence-electron chi connectivity index (χ3n) is 5.29. The van der Waals surface area contributed by atoms with Crippen LogP contribution in [-0.2, 0) is 16.1 Å². The van der Waals surface area contributed by atoms with Gasteiger partial charge in [0.25, 0.3) is 0 Å². The van der Waals surface area contributed by atoms with Crippen LogP contribution in [0.25, 0.3) is 11.5 Å². The number of carbonyl (C=O) groups excluding carboxylic acids is 1. The summed E-state index contributed by atoms with van der Waals surface area (Å²) in [6.45, 7) is 5.16. The molecule has 2 aromatic rings. The number of hydrogen-bond acceptors (Lipinski definition) is 5. The van der Waals surface area contributed by atoms with Crippen molar-refractivity contribution in [3.8, 4) is 11.5 Å². The lowest BCUT2D eigenvalue weighted by Crippen LogP contribution is -2.46. The van der Waals surface area contributed by atoms with Crippen LogP contribution in [0.15, 0.2) is 34.9 Å². The fraction of sp³-hybridized carbons (Fsp3) is 0.500. The lowest BCUT2D eigenvalue weighted by Gasteiger charge is -2.35. The first-order chi connectivity index (χ1) is 13.2. The van der Waals surface area contributed by atoms with Gasteiger partial charge in [-0.3, -0.25) is 9.69 Å². The summed E-state index contributed by atoms with van der Waals surface area (Å²) < 4.78 is 23.9. The zero-order chi connectivity index (χ0) is 18.6. The van der Waals surface area contributed by atoms with Crippen molar-refractivity contribution < 1.29 is 18.3 Å². The van der Waals surface area contributed by atoms with Gasteiger partial charge in [-0.15, -0.1) is 0 Å². The normalized spacial score (nSPS) is 19.4. The molecule has 27 heavy (non-hydrogen) atoms. The van der Waals surface area contributed by atoms with Crippen molar-refractivity contribution in [2.24, 2.45) is 5.92 Å². The SMILES string of the molecule is O=C(C1CCN(Cc2coc(-c3ccc(F)cc3)n2)CC1)N1CCOCC1. The van der Waals surface area contributed by atoms with Gasteiger partial charge in [0.1, 0.15) is 12.1 Å². The fourth-order valence-electron chi connectivity index (χ4n) is 3.71. The van der Waals surface area contributed by atoms with E-state index >= 15 is 0 Å². The molecule has 0 atom stereocenters. The van der Waals surface area contributed by atoms with Crippen LogP contribution in [0.4, 0.5) is 4.39 Å². The zero-order valence-electron chi connectivity index (χ0n) is 15.3. The average molecular weight is 373 g/mol. The lowest BCUT2D eigenvalue weighted by molar-refractivity contribution is -0.141. The maximum atomic E-state index is 13.0. The standard InChI is InChI=1S/C20H24FN3O3/c21-17-3-1-15(2-4-17)19-22-18(14-27-19)13-23-7-5-16(6-8-23)20(25)24-9-11-26-12-10-24/h1-4,14,16H,5-13H2. The molecule has 4 rings (SSSR count). The van der Waals surface area contributed by atoms with Crippen molar-refractivity contribution >= 4 is 5.91 Å². The molecule has 0 aliphatic carbocycles. The van der Waals surface area contributed by atoms with Crippen LogP contribution in [0.3, 0.4) is 0 Å². The predicted octanol–water partition coefficient (Wildman–Crippen LogP) is 2.55. The highest BCUT2D eigenvalue weighted by Gasteiger charge is 2.29. The number of rotatable bonds is 4. The number of nitrogens with zero attached hydrogens (tertiary/aromatic N) is 3. The lowest BCUT2D eigenvalue weighted by atomic mass is 9.95. The van der Waals surface area contributed by atoms with Crippen molar-refractivity contribution in [2.45, 2.75) is 19.4 Å². The number of oxazole rings is 1. The van der Waals surface area contributed by atoms with E-state index in [2.05, 4.69) is 9.88 Å². The molecule has 0 unspecified atom stereocenters. The second-order valence-corrected chi connectivity index (χ2v) is 7.14. The quantitative estimate of drug-likeness (QED) is 0.824. The highest BCUT2D eigenvalue weighted by atomic mass is 19.1. The van der Waals surface area contributed by atoms with E-state index in [4.69, 9.17) is 9.15 Å². The van der Waals surface area contributed by atoms with Crippen LogP contribution in [0.2, 0.25) is 0 Å². The van der Waals surface area contributed by atoms with E-state index in [1.165, 1.54) is 12.1 Å². The summed E-state index contributed by atoms with van der Waals surface area (Å²) in [6.07, 6.45) is 3.40. The maximum Gasteiger partial charge on any atom is 0.226 e. The van der Waals surface area contributed by atoms with Gasteiger partial charge in [0.05, 0.1) is 18.9 Å². The molecule has 6 nitrogen and oxygen atoms in total. The second kappa shape index (κ2) is 8.19. The number of likely N-dealkylation sites (tertiary alicyclic amines) is 1. The van der Waals surface area contributed by atoms with Crippen molar-refractivity contribution in [3.63, 3.8) is 0 Å². The molecule has 0 radical (unpaired) electrons. The topological polar surface area (TPSA) is 58.8 Å². The van der Waals surface area contributed by atoms with Gasteiger partial charge in [-0.25, -0.2) is 9.37 Å². The molecule has 0 N–H and O–H groups in total. The van der Waals surface area contributed by atoms with E-state index in [-0.39, 0.29) is 17.6 Å². The zero-order valence-corrected chi connectivity index (χ0v) is 15.3. The monoisotopic (exact) mass is 373 g/mol. The third kappa shape index (κ3) is 4.36. The van der Waals surface area contributed by atoms with Crippen molar-refractivity contribution in [3.05, 3.63) is 42.0 Å². The summed E-state index contributed by atoms with van der Waals surface area (Å²) in [4.78, 5) is 21.4. The minimum Gasteiger partial charge on any atom is -0.444 e. The van der Waals surface area contributed by atoms with Gasteiger partial charge in [-0.05, 0) is 50.2 Å². The van der Waals surface area contributed by atoms with Crippen LogP contribution >= 0.6 is 0 Å². The number of ether oxygens (including phenoxy) is 1. The number of aromatic nitrogens is 1. The minimum absolute atomic E-state index is 0.117. The third-order valence-corrected chi connectivity index (χ3v) is 5.29. The Morgan fingerprint density at radius 2 is 1.81 bits per heavy atom. The smallest absolute Gasteiger partial charge is 0.226 e. The van der Waals surface area contributed by atoms with Crippen molar-refractivity contribution in [1.29, 1.82) is 0 Å². The predicted molar refractivity (Wildman–Crippen MR) is 97.3 cm³/mol. The van der Waals surface area contributed by atoms with E-state index in [0.29, 0.717) is 38.7 Å². The molecule has 1 amide bonds. The Labute approximate surface area is 157 Å². The van der Waals surface area contributed by atoms with Gasteiger partial charge in [-0.2, -0.15) is 0 Å². The Bertz CT molecular complexity index is 763. The minimum atomic E-state index is -0.278. The molecule has 0 bridgehead atoms. The average Bonchev–Trinajstić information content (AvgIpc) is 3.18. The molecule has 2 fully saturated rings. The van der Waals surface area contributed by atoms with Crippen LogP contribution < -0.4 is 0 Å². The molecule has 1 aromatic heterocycles. The van der Waals surface area contributed by atoms with E-state index in [0.717, 1.165) is 37.2 Å². The molecule has 144 valence electrons. The molecule has 2 aliphatic rings. The number of benzene rings is 1. The molecule has 1 aromatic carbocycles. The number of amides is 1. The highest BCUT2D eigenvalue weighted by Crippen LogP contribution is 2.23. The Balaban J connectivity index is 1.29. The summed E-state index contributed by atoms with van der Waals surface area (Å²) in [5, 5.41) is 0. The first kappa shape index (κ1) is 18.1. The molecule has 0 spiro atoms. The summed E-state index contributed by atoms with van der Waals surface area (Å²) in [5.74, 6) is 0.617. The number of morpholine rings is 1. The highest BCUT2D eigenvalue weighted by molar-refractivity contribution is 5.79. The van der Waals surface area contributed by atoms with Gasteiger partial charge < -0.3 is 14.1 Å². The summed E-state index contributed by atoms with van der Waals surface area (Å²) in [6, 6.07) is 6.12. The van der Waals surface area contributed by atoms with Gasteiger partial charge in [0.2, 0.25) is 11.8 Å². The van der Waals surface area contributed by atoms with E-state index in [9.17, 15) is 9.18 Å². The fourth-order valence-corrected chi connectivity index (χ4v) is 3.71. The maximum absolute atomic E-state index is 13.0. The number of carbonyl (C=O) groups is 1. The number of hydrogen-bond donors (Lipinski definition) is 0. The molecule has 7 heteroatoms. The van der Waals surface area contributed by atoms with Crippen molar-refractivity contribution in [1.82, 2.24) is 14.8 Å². The van der Waals surface area contributed by atoms with E-state index < -0.39 is 0 Å². The van der Waals surface area contributed by atoms with Gasteiger partial charge in [0.15, 0.2) is 0 Å². The molecule has 2 aliphatic heterocycles. The molecule has 0 saturated carbocycles. The molecular formula is C20H24FN3O3. The van der Waals surface area contributed by atoms with Gasteiger partial charge in [0, 0.05) is 31.1 Å². The van der Waals surface area contributed by atoms with Crippen LogP contribution in [0, 0.1) is 11.7 Å². The first-order valence-corrected chi connectivity index (χ1v) is 9.48. The Morgan fingerprint density at radius 1 is 1.11 bits per heavy atom. The number of halogens is 1.